The molecule has 0 spiro atoms. The lowest BCUT2D eigenvalue weighted by Gasteiger charge is -2.42. The Morgan fingerprint density at radius 3 is 2.49 bits per heavy atom. The van der Waals surface area contributed by atoms with Gasteiger partial charge in [0.2, 0.25) is 5.78 Å². The van der Waals surface area contributed by atoms with Crippen LogP contribution in [0.1, 0.15) is 81.3 Å². The number of carbonyl (C=O) groups is 2. The van der Waals surface area contributed by atoms with Crippen molar-refractivity contribution in [3.8, 4) is 17.2 Å². The van der Waals surface area contributed by atoms with Gasteiger partial charge in [0.1, 0.15) is 22.8 Å². The summed E-state index contributed by atoms with van der Waals surface area (Å²) in [5, 5.41) is 57.5. The molecule has 0 unspecified atom stereocenters. The first-order chi connectivity index (χ1) is 24.3. The zero-order valence-corrected chi connectivity index (χ0v) is 28.9. The summed E-state index contributed by atoms with van der Waals surface area (Å²) >= 11 is 5.39. The molecule has 3 aromatic carbocycles. The van der Waals surface area contributed by atoms with Crippen molar-refractivity contribution in [3.05, 3.63) is 91.9 Å². The Kier molecular flexibility index (Phi) is 9.74. The third-order valence-corrected chi connectivity index (χ3v) is 9.77. The maximum Gasteiger partial charge on any atom is 0.202 e. The number of hydrogen-bond acceptors (Lipinski definition) is 12. The second-order valence-electron chi connectivity index (χ2n) is 12.8. The van der Waals surface area contributed by atoms with Crippen molar-refractivity contribution in [2.75, 3.05) is 12.4 Å². The predicted molar refractivity (Wildman–Crippen MR) is 188 cm³/mol. The number of anilines is 1. The molecule has 6 N–H and O–H groups in total. The highest BCUT2D eigenvalue weighted by Crippen LogP contribution is 2.52. The van der Waals surface area contributed by atoms with E-state index in [1.54, 1.807) is 6.92 Å². The number of nitrogens with zero attached hydrogens (tertiary/aromatic N) is 4. The first-order valence-corrected chi connectivity index (χ1v) is 16.5. The highest BCUT2D eigenvalue weighted by Gasteiger charge is 2.49. The summed E-state index contributed by atoms with van der Waals surface area (Å²) in [6.07, 6.45) is -5.07. The molecule has 6 rings (SSSR count). The van der Waals surface area contributed by atoms with Gasteiger partial charge in [-0.1, -0.05) is 34.9 Å². The van der Waals surface area contributed by atoms with Crippen LogP contribution < -0.4 is 15.5 Å². The number of thiocarbonyl (C=S) groups is 1. The largest absolute Gasteiger partial charge is 0.507 e. The zero-order chi connectivity index (χ0) is 36.8. The fourth-order valence-corrected chi connectivity index (χ4v) is 6.99. The van der Waals surface area contributed by atoms with Crippen molar-refractivity contribution < 1.29 is 44.2 Å². The van der Waals surface area contributed by atoms with Crippen molar-refractivity contribution in [1.29, 1.82) is 0 Å². The molecule has 0 bridgehead atoms. The van der Waals surface area contributed by atoms with Crippen molar-refractivity contribution >= 4 is 40.3 Å². The monoisotopic (exact) mass is 716 g/mol. The van der Waals surface area contributed by atoms with Gasteiger partial charge in [-0.3, -0.25) is 15.0 Å². The summed E-state index contributed by atoms with van der Waals surface area (Å²) in [6.45, 7) is 5.05. The average Bonchev–Trinajstić information content (AvgIpc) is 3.10. The minimum absolute atomic E-state index is 0.0239. The van der Waals surface area contributed by atoms with Gasteiger partial charge in [0.15, 0.2) is 17.2 Å². The predicted octanol–water partition coefficient (Wildman–Crippen LogP) is 4.46. The van der Waals surface area contributed by atoms with E-state index in [2.05, 4.69) is 25.9 Å². The lowest BCUT2D eigenvalue weighted by atomic mass is 9.72. The smallest absolute Gasteiger partial charge is 0.202 e. The molecule has 51 heavy (non-hydrogen) atoms. The lowest BCUT2D eigenvalue weighted by Crippen LogP contribution is -2.49. The lowest BCUT2D eigenvalue weighted by molar-refractivity contribution is -0.245. The Hall–Kier alpha value is -5.09. The van der Waals surface area contributed by atoms with Gasteiger partial charge in [-0.25, -0.2) is 0 Å². The topological polar surface area (TPSA) is 228 Å². The molecular formula is C35H36N6O9S. The highest BCUT2D eigenvalue weighted by molar-refractivity contribution is 7.80. The molecule has 1 heterocycles. The quantitative estimate of drug-likeness (QED) is 0.0296. The SMILES string of the molecule is COc1cccc2c1C(=O)c1c(O)c3c(c(O)c1C2=O)C[C@@](O)(/C(C)=N/NC(=S)Nc1ccc(C)cc1)C[C@@H]3O[C@H]1C[C@H](N=[N+]=[N-])[C@H](O)[C@H](C)O1. The molecule has 266 valence electrons. The zero-order valence-electron chi connectivity index (χ0n) is 28.1. The number of methoxy groups -OCH3 is 1. The molecule has 15 nitrogen and oxygen atoms in total. The summed E-state index contributed by atoms with van der Waals surface area (Å²) in [5.74, 6) is -2.61. The van der Waals surface area contributed by atoms with E-state index in [1.807, 2.05) is 31.2 Å². The van der Waals surface area contributed by atoms with E-state index in [4.69, 9.17) is 32.0 Å². The van der Waals surface area contributed by atoms with Crippen LogP contribution in [-0.2, 0) is 15.9 Å². The number of benzene rings is 3. The van der Waals surface area contributed by atoms with Crippen molar-refractivity contribution in [1.82, 2.24) is 5.43 Å². The number of aliphatic hydroxyl groups excluding tert-OH is 1. The molecule has 16 heteroatoms. The third-order valence-electron chi connectivity index (χ3n) is 9.58. The molecule has 1 fully saturated rings. The van der Waals surface area contributed by atoms with E-state index in [-0.39, 0.29) is 58.1 Å². The van der Waals surface area contributed by atoms with Gasteiger partial charge in [0.05, 0.1) is 53.9 Å². The molecule has 3 aliphatic rings. The summed E-state index contributed by atoms with van der Waals surface area (Å²) in [4.78, 5) is 30.7. The number of ether oxygens (including phenoxy) is 3. The van der Waals surface area contributed by atoms with Gasteiger partial charge in [-0.2, -0.15) is 5.10 Å². The van der Waals surface area contributed by atoms with Crippen LogP contribution in [0.2, 0.25) is 0 Å². The Bertz CT molecular complexity index is 2020. The number of nitrogens with one attached hydrogen (secondary N) is 2. The second-order valence-corrected chi connectivity index (χ2v) is 13.2. The van der Waals surface area contributed by atoms with Crippen LogP contribution in [0.25, 0.3) is 10.4 Å². The first kappa shape index (κ1) is 35.7. The maximum absolute atomic E-state index is 14.0. The number of azide groups is 1. The minimum Gasteiger partial charge on any atom is -0.507 e. The van der Waals surface area contributed by atoms with Gasteiger partial charge < -0.3 is 40.0 Å². The van der Waals surface area contributed by atoms with E-state index in [0.29, 0.717) is 5.69 Å². The molecule has 0 aromatic heterocycles. The summed E-state index contributed by atoms with van der Waals surface area (Å²) < 4.78 is 17.6. The van der Waals surface area contributed by atoms with Crippen LogP contribution in [0.5, 0.6) is 17.2 Å². The number of aliphatic hydroxyl groups is 2. The second kappa shape index (κ2) is 13.9. The summed E-state index contributed by atoms with van der Waals surface area (Å²) in [5.41, 5.74) is 10.8. The minimum atomic E-state index is -1.87. The maximum atomic E-state index is 14.0. The Morgan fingerprint density at radius 1 is 1.10 bits per heavy atom. The number of phenolic OH excluding ortho intramolecular Hbond substituents is 2. The highest BCUT2D eigenvalue weighted by atomic mass is 32.1. The number of aromatic hydroxyl groups is 2. The Labute approximate surface area is 297 Å². The van der Waals surface area contributed by atoms with Crippen molar-refractivity contribution in [2.24, 2.45) is 10.2 Å². The molecule has 1 saturated heterocycles. The van der Waals surface area contributed by atoms with Crippen molar-refractivity contribution in [3.63, 3.8) is 0 Å². The summed E-state index contributed by atoms with van der Waals surface area (Å²) in [6, 6.07) is 11.0. The average molecular weight is 717 g/mol. The molecule has 2 aliphatic carbocycles. The number of rotatable bonds is 7. The van der Waals surface area contributed by atoms with Crippen LogP contribution >= 0.6 is 12.2 Å². The molecule has 3 aromatic rings. The van der Waals surface area contributed by atoms with Crippen LogP contribution in [0.15, 0.2) is 52.7 Å². The number of hydrogen-bond donors (Lipinski definition) is 6. The molecule has 0 saturated carbocycles. The molecular weight excluding hydrogens is 680 g/mol. The van der Waals surface area contributed by atoms with Gasteiger partial charge in [-0.05, 0) is 56.7 Å². The number of ketones is 2. The van der Waals surface area contributed by atoms with Gasteiger partial charge in [0, 0.05) is 46.6 Å². The number of phenols is 2. The van der Waals surface area contributed by atoms with E-state index in [0.717, 1.165) is 5.56 Å². The first-order valence-electron chi connectivity index (χ1n) is 16.1. The van der Waals surface area contributed by atoms with Crippen LogP contribution in [-0.4, -0.2) is 80.1 Å². The number of hydrazone groups is 1. The Morgan fingerprint density at radius 2 is 1.80 bits per heavy atom. The van der Waals surface area contributed by atoms with E-state index >= 15 is 0 Å². The normalized spacial score (nSPS) is 25.5. The standard InChI is InChI=1S/C35H36N6O9S/c1-15-8-10-18(11-9-15)37-34(51)40-38-17(3)35(47)13-20-26(23(14-35)50-24-12-21(39-41-36)29(42)16(2)49-24)33(46)28-27(31(20)44)30(43)19-6-5-7-22(48-4)25(19)32(28)45/h5-11,16,21,23-24,29,42,44,46-47H,12-14H2,1-4H3,(H2,37,40,51)/b38-17+/t16-,21-,23-,24-,29+,35-/m0/s1. The fraction of sp³-hybridized carbons (Fsp3) is 0.371. The van der Waals surface area contributed by atoms with E-state index in [1.165, 1.54) is 32.2 Å². The number of fused-ring (bicyclic) bond motifs is 3. The number of aryl methyl sites for hydroxylation is 1. The molecule has 0 amide bonds. The van der Waals surface area contributed by atoms with Gasteiger partial charge in [-0.15, -0.1) is 0 Å². The van der Waals surface area contributed by atoms with Crippen LogP contribution in [0, 0.1) is 6.92 Å². The fourth-order valence-electron chi connectivity index (χ4n) is 6.82. The molecule has 6 atom stereocenters. The van der Waals surface area contributed by atoms with Crippen LogP contribution in [0.3, 0.4) is 0 Å². The third kappa shape index (κ3) is 6.49. The number of carbonyl (C=O) groups excluding carboxylic acids is 2. The molecule has 0 radical (unpaired) electrons. The summed E-state index contributed by atoms with van der Waals surface area (Å²) in [7, 11) is 1.34. The van der Waals surface area contributed by atoms with Crippen molar-refractivity contribution in [2.45, 2.75) is 76.3 Å². The van der Waals surface area contributed by atoms with E-state index < -0.39 is 70.4 Å². The molecule has 1 aliphatic heterocycles. The van der Waals surface area contributed by atoms with Crippen LogP contribution in [0.4, 0.5) is 5.69 Å². The Balaban J connectivity index is 1.42. The van der Waals surface area contributed by atoms with E-state index in [9.17, 15) is 30.0 Å². The van der Waals surface area contributed by atoms with Gasteiger partial charge in [0.25, 0.3) is 0 Å². The van der Waals surface area contributed by atoms with Gasteiger partial charge >= 0.3 is 0 Å².